The van der Waals surface area contributed by atoms with Crippen LogP contribution in [0.1, 0.15) is 31.5 Å². The van der Waals surface area contributed by atoms with Gasteiger partial charge in [-0.1, -0.05) is 19.0 Å². The Balaban J connectivity index is 2.03. The molecule has 0 radical (unpaired) electrons. The molecule has 1 aliphatic rings. The monoisotopic (exact) mass is 253 g/mol. The second-order valence-corrected chi connectivity index (χ2v) is 4.80. The van der Waals surface area contributed by atoms with Gasteiger partial charge >= 0.3 is 0 Å². The average Bonchev–Trinajstić information content (AvgIpc) is 2.78. The molecule has 2 rings (SSSR count). The summed E-state index contributed by atoms with van der Waals surface area (Å²) in [6.07, 6.45) is 0. The number of rotatable bonds is 4. The fourth-order valence-electron chi connectivity index (χ4n) is 1.96. The summed E-state index contributed by atoms with van der Waals surface area (Å²) in [6.45, 7) is 6.64. The topological polar surface area (TPSA) is 97.3 Å². The minimum Gasteiger partial charge on any atom is -0.368 e. The van der Waals surface area contributed by atoms with Crippen LogP contribution in [-0.2, 0) is 11.3 Å². The summed E-state index contributed by atoms with van der Waals surface area (Å²) < 4.78 is 5.14. The number of aromatic nitrogens is 2. The number of nitrogens with one attached hydrogen (secondary N) is 1. The first-order chi connectivity index (χ1) is 8.58. The molecule has 18 heavy (non-hydrogen) atoms. The number of piperazine rings is 1. The van der Waals surface area contributed by atoms with Crippen LogP contribution >= 0.6 is 0 Å². The summed E-state index contributed by atoms with van der Waals surface area (Å²) in [7, 11) is 0. The Kier molecular flexibility index (Phi) is 3.93. The van der Waals surface area contributed by atoms with Crippen LogP contribution in [0.25, 0.3) is 0 Å². The lowest BCUT2D eigenvalue weighted by atomic mass is 10.2. The number of carbonyl (C=O) groups excluding carboxylic acids is 1. The van der Waals surface area contributed by atoms with Crippen LogP contribution in [0.2, 0.25) is 0 Å². The van der Waals surface area contributed by atoms with Gasteiger partial charge in [0, 0.05) is 25.6 Å². The van der Waals surface area contributed by atoms with Gasteiger partial charge in [0.2, 0.25) is 11.8 Å². The van der Waals surface area contributed by atoms with Gasteiger partial charge in [-0.2, -0.15) is 4.98 Å². The van der Waals surface area contributed by atoms with Crippen molar-refractivity contribution in [3.05, 3.63) is 11.7 Å². The largest absolute Gasteiger partial charge is 0.368 e. The number of nitrogens with zero attached hydrogens (tertiary/aromatic N) is 3. The smallest absolute Gasteiger partial charge is 0.236 e. The molecule has 1 unspecified atom stereocenters. The number of primary amides is 1. The lowest BCUT2D eigenvalue weighted by molar-refractivity contribution is -0.124. The van der Waals surface area contributed by atoms with E-state index in [1.54, 1.807) is 0 Å². The van der Waals surface area contributed by atoms with Crippen LogP contribution in [0.4, 0.5) is 0 Å². The van der Waals surface area contributed by atoms with E-state index in [1.165, 1.54) is 0 Å². The van der Waals surface area contributed by atoms with Crippen LogP contribution in [-0.4, -0.2) is 46.6 Å². The van der Waals surface area contributed by atoms with Gasteiger partial charge in [-0.05, 0) is 0 Å². The highest BCUT2D eigenvalue weighted by Crippen LogP contribution is 2.13. The van der Waals surface area contributed by atoms with Crippen LogP contribution in [0.5, 0.6) is 0 Å². The highest BCUT2D eigenvalue weighted by molar-refractivity contribution is 5.80. The molecule has 7 nitrogen and oxygen atoms in total. The number of hydrogen-bond acceptors (Lipinski definition) is 6. The fraction of sp³-hybridized carbons (Fsp3) is 0.727. The molecule has 7 heteroatoms. The summed E-state index contributed by atoms with van der Waals surface area (Å²) in [6, 6.07) is -0.306. The molecule has 1 atom stereocenters. The van der Waals surface area contributed by atoms with Gasteiger partial charge in [-0.25, -0.2) is 0 Å². The van der Waals surface area contributed by atoms with E-state index in [9.17, 15) is 4.79 Å². The summed E-state index contributed by atoms with van der Waals surface area (Å²) in [4.78, 5) is 17.6. The minimum atomic E-state index is -0.324. The van der Waals surface area contributed by atoms with E-state index in [2.05, 4.69) is 15.5 Å². The van der Waals surface area contributed by atoms with Gasteiger partial charge < -0.3 is 15.6 Å². The molecule has 1 aromatic rings. The Hall–Kier alpha value is -1.47. The zero-order valence-corrected chi connectivity index (χ0v) is 10.7. The van der Waals surface area contributed by atoms with Crippen molar-refractivity contribution in [3.63, 3.8) is 0 Å². The summed E-state index contributed by atoms with van der Waals surface area (Å²) >= 11 is 0. The maximum Gasteiger partial charge on any atom is 0.236 e. The molecular weight excluding hydrogens is 234 g/mol. The molecule has 0 bridgehead atoms. The summed E-state index contributed by atoms with van der Waals surface area (Å²) in [5, 5.41) is 7.07. The molecule has 1 amide bonds. The normalized spacial score (nSPS) is 21.4. The Labute approximate surface area is 106 Å². The Bertz CT molecular complexity index is 417. The predicted molar refractivity (Wildman–Crippen MR) is 64.6 cm³/mol. The first kappa shape index (κ1) is 13.0. The molecule has 0 aliphatic carbocycles. The summed E-state index contributed by atoms with van der Waals surface area (Å²) in [5.74, 6) is 1.11. The van der Waals surface area contributed by atoms with E-state index in [4.69, 9.17) is 10.3 Å². The van der Waals surface area contributed by atoms with Gasteiger partial charge in [-0.15, -0.1) is 0 Å². The molecule has 1 aliphatic heterocycles. The molecule has 0 aromatic carbocycles. The molecule has 1 aromatic heterocycles. The van der Waals surface area contributed by atoms with E-state index >= 15 is 0 Å². The molecule has 2 heterocycles. The molecule has 3 N–H and O–H groups in total. The Morgan fingerprint density at radius 1 is 1.67 bits per heavy atom. The second-order valence-electron chi connectivity index (χ2n) is 4.80. The predicted octanol–water partition coefficient (Wildman–Crippen LogP) is -0.548. The van der Waals surface area contributed by atoms with Crippen molar-refractivity contribution >= 4 is 5.91 Å². The van der Waals surface area contributed by atoms with Gasteiger partial charge in [0.25, 0.3) is 0 Å². The van der Waals surface area contributed by atoms with Crippen LogP contribution in [0, 0.1) is 0 Å². The van der Waals surface area contributed by atoms with E-state index < -0.39 is 0 Å². The number of nitrogens with two attached hydrogens (primary N) is 1. The number of carbonyl (C=O) groups is 1. The van der Waals surface area contributed by atoms with Gasteiger partial charge in [0.05, 0.1) is 6.54 Å². The van der Waals surface area contributed by atoms with Crippen molar-refractivity contribution in [2.24, 2.45) is 5.73 Å². The van der Waals surface area contributed by atoms with E-state index in [0.29, 0.717) is 24.8 Å². The maximum absolute atomic E-state index is 11.3. The quantitative estimate of drug-likeness (QED) is 0.747. The third-order valence-corrected chi connectivity index (χ3v) is 3.00. The third kappa shape index (κ3) is 2.85. The van der Waals surface area contributed by atoms with Crippen LogP contribution in [0.15, 0.2) is 4.52 Å². The lowest BCUT2D eigenvalue weighted by Gasteiger charge is -2.32. The Morgan fingerprint density at radius 3 is 3.06 bits per heavy atom. The van der Waals surface area contributed by atoms with E-state index in [-0.39, 0.29) is 17.9 Å². The van der Waals surface area contributed by atoms with Crippen LogP contribution < -0.4 is 11.1 Å². The average molecular weight is 253 g/mol. The fourth-order valence-corrected chi connectivity index (χ4v) is 1.96. The molecule has 1 saturated heterocycles. The first-order valence-electron chi connectivity index (χ1n) is 6.14. The molecule has 100 valence electrons. The zero-order valence-electron chi connectivity index (χ0n) is 10.7. The zero-order chi connectivity index (χ0) is 13.1. The molecule has 1 fully saturated rings. The summed E-state index contributed by atoms with van der Waals surface area (Å²) in [5.41, 5.74) is 5.38. The van der Waals surface area contributed by atoms with Crippen molar-refractivity contribution < 1.29 is 9.32 Å². The number of hydrogen-bond donors (Lipinski definition) is 2. The molecule has 0 saturated carbocycles. The van der Waals surface area contributed by atoms with E-state index in [1.807, 2.05) is 18.7 Å². The van der Waals surface area contributed by atoms with Gasteiger partial charge in [-0.3, -0.25) is 9.69 Å². The third-order valence-electron chi connectivity index (χ3n) is 3.00. The lowest BCUT2D eigenvalue weighted by Crippen LogP contribution is -2.56. The van der Waals surface area contributed by atoms with Gasteiger partial charge in [0.15, 0.2) is 5.82 Å². The van der Waals surface area contributed by atoms with Gasteiger partial charge in [0.1, 0.15) is 6.04 Å². The van der Waals surface area contributed by atoms with Crippen molar-refractivity contribution in [1.82, 2.24) is 20.4 Å². The van der Waals surface area contributed by atoms with Crippen molar-refractivity contribution in [1.29, 1.82) is 0 Å². The minimum absolute atomic E-state index is 0.209. The first-order valence-corrected chi connectivity index (χ1v) is 6.14. The maximum atomic E-state index is 11.3. The Morgan fingerprint density at radius 2 is 2.44 bits per heavy atom. The molecule has 0 spiro atoms. The van der Waals surface area contributed by atoms with Crippen molar-refractivity contribution in [2.45, 2.75) is 32.4 Å². The van der Waals surface area contributed by atoms with Crippen molar-refractivity contribution in [2.75, 3.05) is 19.6 Å². The SMILES string of the molecule is CC(C)c1nc(CN2CCNCC2C(N)=O)no1. The highest BCUT2D eigenvalue weighted by atomic mass is 16.5. The van der Waals surface area contributed by atoms with Crippen LogP contribution in [0.3, 0.4) is 0 Å². The second kappa shape index (κ2) is 5.45. The molecular formula is C11H19N5O2. The highest BCUT2D eigenvalue weighted by Gasteiger charge is 2.28. The standard InChI is InChI=1S/C11H19N5O2/c1-7(2)11-14-9(15-18-11)6-16-4-3-13-5-8(16)10(12)17/h7-8,13H,3-6H2,1-2H3,(H2,12,17). The van der Waals surface area contributed by atoms with E-state index in [0.717, 1.165) is 13.1 Å². The number of amides is 1. The van der Waals surface area contributed by atoms with Crippen molar-refractivity contribution in [3.8, 4) is 0 Å².